The summed E-state index contributed by atoms with van der Waals surface area (Å²) in [5.74, 6) is -0.742. The van der Waals surface area contributed by atoms with E-state index >= 15 is 0 Å². The maximum Gasteiger partial charge on any atom is 0.338 e. The molecule has 30 heavy (non-hydrogen) atoms. The van der Waals surface area contributed by atoms with E-state index in [1.54, 1.807) is 29.2 Å². The van der Waals surface area contributed by atoms with E-state index in [1.807, 2.05) is 30.3 Å². The first-order valence-electron chi connectivity index (χ1n) is 9.86. The minimum absolute atomic E-state index is 0.180. The molecule has 0 saturated carbocycles. The van der Waals surface area contributed by atoms with Crippen LogP contribution in [0.1, 0.15) is 28.8 Å². The number of rotatable bonds is 7. The lowest BCUT2D eigenvalue weighted by Crippen LogP contribution is -2.42. The van der Waals surface area contributed by atoms with E-state index in [-0.39, 0.29) is 24.4 Å². The van der Waals surface area contributed by atoms with Crippen molar-refractivity contribution in [2.24, 2.45) is 5.92 Å². The number of ether oxygens (including phenoxy) is 3. The van der Waals surface area contributed by atoms with E-state index in [1.165, 1.54) is 7.11 Å². The Morgan fingerprint density at radius 1 is 1.00 bits per heavy atom. The SMILES string of the molecule is COC(=O)C1CCN(C(=O)COC(=O)c2cccc(OCc3ccccc3)c2)CC1. The maximum absolute atomic E-state index is 12.3. The number of esters is 2. The van der Waals surface area contributed by atoms with Crippen LogP contribution in [-0.4, -0.2) is 49.6 Å². The molecule has 0 unspecified atom stereocenters. The van der Waals surface area contributed by atoms with Gasteiger partial charge in [-0.3, -0.25) is 9.59 Å². The summed E-state index contributed by atoms with van der Waals surface area (Å²) < 4.78 is 15.6. The maximum atomic E-state index is 12.3. The topological polar surface area (TPSA) is 82.1 Å². The number of benzene rings is 2. The Morgan fingerprint density at radius 2 is 1.73 bits per heavy atom. The van der Waals surface area contributed by atoms with Crippen molar-refractivity contribution in [1.29, 1.82) is 0 Å². The molecule has 0 bridgehead atoms. The summed E-state index contributed by atoms with van der Waals surface area (Å²) >= 11 is 0. The van der Waals surface area contributed by atoms with E-state index in [4.69, 9.17) is 14.2 Å². The Balaban J connectivity index is 1.46. The number of methoxy groups -OCH3 is 1. The fraction of sp³-hybridized carbons (Fsp3) is 0.348. The molecular weight excluding hydrogens is 386 g/mol. The predicted octanol–water partition coefficient (Wildman–Crippen LogP) is 2.83. The average Bonchev–Trinajstić information content (AvgIpc) is 2.81. The lowest BCUT2D eigenvalue weighted by molar-refractivity contribution is -0.149. The molecule has 0 atom stereocenters. The van der Waals surface area contributed by atoms with Gasteiger partial charge in [-0.05, 0) is 36.6 Å². The first kappa shape index (κ1) is 21.4. The van der Waals surface area contributed by atoms with Gasteiger partial charge in [-0.2, -0.15) is 0 Å². The third-order valence-electron chi connectivity index (χ3n) is 5.03. The van der Waals surface area contributed by atoms with E-state index in [2.05, 4.69) is 0 Å². The molecule has 2 aromatic carbocycles. The van der Waals surface area contributed by atoms with Gasteiger partial charge in [0.1, 0.15) is 12.4 Å². The van der Waals surface area contributed by atoms with Gasteiger partial charge in [0.15, 0.2) is 6.61 Å². The molecule has 7 heteroatoms. The summed E-state index contributed by atoms with van der Waals surface area (Å²) in [7, 11) is 1.36. The van der Waals surface area contributed by atoms with Crippen LogP contribution < -0.4 is 4.74 Å². The molecule has 0 spiro atoms. The highest BCUT2D eigenvalue weighted by molar-refractivity contribution is 5.91. The zero-order valence-electron chi connectivity index (χ0n) is 16.9. The van der Waals surface area contributed by atoms with Crippen molar-refractivity contribution in [2.75, 3.05) is 26.8 Å². The molecule has 0 N–H and O–H groups in total. The van der Waals surface area contributed by atoms with Crippen molar-refractivity contribution in [3.8, 4) is 5.75 Å². The summed E-state index contributed by atoms with van der Waals surface area (Å²) in [5, 5.41) is 0. The lowest BCUT2D eigenvalue weighted by Gasteiger charge is -2.30. The van der Waals surface area contributed by atoms with E-state index in [0.717, 1.165) is 5.56 Å². The van der Waals surface area contributed by atoms with Crippen LogP contribution in [0.25, 0.3) is 0 Å². The van der Waals surface area contributed by atoms with Gasteiger partial charge in [0.25, 0.3) is 5.91 Å². The van der Waals surface area contributed by atoms with Crippen LogP contribution in [0.2, 0.25) is 0 Å². The van der Waals surface area contributed by atoms with Gasteiger partial charge < -0.3 is 19.1 Å². The smallest absolute Gasteiger partial charge is 0.338 e. The van der Waals surface area contributed by atoms with Crippen LogP contribution in [0.5, 0.6) is 5.75 Å². The Morgan fingerprint density at radius 3 is 2.43 bits per heavy atom. The van der Waals surface area contributed by atoms with Crippen molar-refractivity contribution in [3.05, 3.63) is 65.7 Å². The molecular formula is C23H25NO6. The van der Waals surface area contributed by atoms with Gasteiger partial charge in [-0.1, -0.05) is 36.4 Å². The fourth-order valence-corrected chi connectivity index (χ4v) is 3.29. The second kappa shape index (κ2) is 10.4. The Bertz CT molecular complexity index is 874. The summed E-state index contributed by atoms with van der Waals surface area (Å²) in [6, 6.07) is 16.4. The van der Waals surface area contributed by atoms with Crippen molar-refractivity contribution < 1.29 is 28.6 Å². The van der Waals surface area contributed by atoms with Gasteiger partial charge in [0.2, 0.25) is 0 Å². The highest BCUT2D eigenvalue weighted by Crippen LogP contribution is 2.19. The van der Waals surface area contributed by atoms with E-state index in [0.29, 0.717) is 43.9 Å². The number of hydrogen-bond acceptors (Lipinski definition) is 6. The van der Waals surface area contributed by atoms with Crippen LogP contribution in [0.3, 0.4) is 0 Å². The lowest BCUT2D eigenvalue weighted by atomic mass is 9.97. The minimum Gasteiger partial charge on any atom is -0.489 e. The van der Waals surface area contributed by atoms with Crippen LogP contribution in [-0.2, 0) is 25.7 Å². The number of nitrogens with zero attached hydrogens (tertiary/aromatic N) is 1. The molecule has 1 amide bonds. The minimum atomic E-state index is -0.585. The van der Waals surface area contributed by atoms with Gasteiger partial charge in [-0.15, -0.1) is 0 Å². The third kappa shape index (κ3) is 5.83. The molecule has 1 aliphatic rings. The Kier molecular flexibility index (Phi) is 7.43. The summed E-state index contributed by atoms with van der Waals surface area (Å²) in [6.45, 7) is 0.939. The molecule has 1 heterocycles. The van der Waals surface area contributed by atoms with Gasteiger partial charge in [0, 0.05) is 13.1 Å². The highest BCUT2D eigenvalue weighted by atomic mass is 16.5. The molecule has 2 aromatic rings. The Hall–Kier alpha value is -3.35. The number of carbonyl (C=O) groups is 3. The molecule has 0 radical (unpaired) electrons. The number of carbonyl (C=O) groups excluding carboxylic acids is 3. The molecule has 3 rings (SSSR count). The summed E-state index contributed by atoms with van der Waals surface area (Å²) in [6.07, 6.45) is 1.10. The molecule has 158 valence electrons. The van der Waals surface area contributed by atoms with Crippen molar-refractivity contribution in [1.82, 2.24) is 4.90 Å². The molecule has 7 nitrogen and oxygen atoms in total. The van der Waals surface area contributed by atoms with Crippen molar-refractivity contribution >= 4 is 17.8 Å². The number of likely N-dealkylation sites (tertiary alicyclic amines) is 1. The largest absolute Gasteiger partial charge is 0.489 e. The van der Waals surface area contributed by atoms with Crippen molar-refractivity contribution in [2.45, 2.75) is 19.4 Å². The van der Waals surface area contributed by atoms with Gasteiger partial charge in [-0.25, -0.2) is 4.79 Å². The van der Waals surface area contributed by atoms with Crippen molar-refractivity contribution in [3.63, 3.8) is 0 Å². The van der Waals surface area contributed by atoms with Gasteiger partial charge in [0.05, 0.1) is 18.6 Å². The first-order chi connectivity index (χ1) is 14.6. The standard InChI is InChI=1S/C23H25NO6/c1-28-22(26)18-10-12-24(13-11-18)21(25)16-30-23(27)19-8-5-9-20(14-19)29-15-17-6-3-2-4-7-17/h2-9,14,18H,10-13,15-16H2,1H3. The fourth-order valence-electron chi connectivity index (χ4n) is 3.29. The monoisotopic (exact) mass is 411 g/mol. The molecule has 0 aliphatic carbocycles. The van der Waals surface area contributed by atoms with Crippen LogP contribution in [0, 0.1) is 5.92 Å². The van der Waals surface area contributed by atoms with Crippen LogP contribution in [0.4, 0.5) is 0 Å². The molecule has 1 saturated heterocycles. The second-order valence-electron chi connectivity index (χ2n) is 7.06. The van der Waals surface area contributed by atoms with E-state index in [9.17, 15) is 14.4 Å². The second-order valence-corrected chi connectivity index (χ2v) is 7.06. The summed E-state index contributed by atoms with van der Waals surface area (Å²) in [4.78, 5) is 37.8. The number of hydrogen-bond donors (Lipinski definition) is 0. The van der Waals surface area contributed by atoms with Crippen LogP contribution in [0.15, 0.2) is 54.6 Å². The Labute approximate surface area is 175 Å². The average molecular weight is 411 g/mol. The quantitative estimate of drug-likeness (QED) is 0.652. The molecule has 1 aliphatic heterocycles. The normalized spacial score (nSPS) is 14.1. The predicted molar refractivity (Wildman–Crippen MR) is 109 cm³/mol. The highest BCUT2D eigenvalue weighted by Gasteiger charge is 2.28. The molecule has 1 fully saturated rings. The summed E-state index contributed by atoms with van der Waals surface area (Å²) in [5.41, 5.74) is 1.34. The van der Waals surface area contributed by atoms with Crippen LogP contribution >= 0.6 is 0 Å². The van der Waals surface area contributed by atoms with Gasteiger partial charge >= 0.3 is 11.9 Å². The molecule has 0 aromatic heterocycles. The first-order valence-corrected chi connectivity index (χ1v) is 9.86. The van der Waals surface area contributed by atoms with E-state index < -0.39 is 5.97 Å². The number of piperidine rings is 1. The number of amides is 1. The zero-order valence-corrected chi connectivity index (χ0v) is 16.9. The zero-order chi connectivity index (χ0) is 21.3. The third-order valence-corrected chi connectivity index (χ3v) is 5.03.